The van der Waals surface area contributed by atoms with Crippen molar-refractivity contribution in [2.24, 2.45) is 0 Å². The maximum absolute atomic E-state index is 3.20. The molecule has 0 saturated carbocycles. The minimum atomic E-state index is 0.305. The van der Waals surface area contributed by atoms with E-state index < -0.39 is 0 Å². The molecule has 1 fully saturated rings. The van der Waals surface area contributed by atoms with Crippen molar-refractivity contribution in [3.8, 4) is 0 Å². The zero-order chi connectivity index (χ0) is 6.20. The van der Waals surface area contributed by atoms with Crippen molar-refractivity contribution in [1.29, 1.82) is 0 Å². The van der Waals surface area contributed by atoms with Crippen LogP contribution in [-0.2, 0) is 0 Å². The summed E-state index contributed by atoms with van der Waals surface area (Å²) in [6, 6.07) is 0.630. The first kappa shape index (κ1) is 6.05. The molecule has 0 aromatic heterocycles. The maximum atomic E-state index is 3.20. The van der Waals surface area contributed by atoms with Crippen LogP contribution in [0.1, 0.15) is 27.2 Å². The molecule has 1 rings (SSSR count). The van der Waals surface area contributed by atoms with Gasteiger partial charge in [-0.1, -0.05) is 0 Å². The minimum Gasteiger partial charge on any atom is -0.254 e. The summed E-state index contributed by atoms with van der Waals surface area (Å²) in [5.41, 5.74) is 6.66. The highest BCUT2D eigenvalue weighted by Gasteiger charge is 2.26. The number of hydrogen-bond acceptors (Lipinski definition) is 2. The quantitative estimate of drug-likeness (QED) is 0.483. The molecule has 8 heavy (non-hydrogen) atoms. The summed E-state index contributed by atoms with van der Waals surface area (Å²) >= 11 is 0. The van der Waals surface area contributed by atoms with E-state index in [1.54, 1.807) is 0 Å². The van der Waals surface area contributed by atoms with Crippen LogP contribution in [0.25, 0.3) is 0 Å². The Morgan fingerprint density at radius 2 is 2.12 bits per heavy atom. The third kappa shape index (κ3) is 1.20. The van der Waals surface area contributed by atoms with Gasteiger partial charge in [0.05, 0.1) is 0 Å². The summed E-state index contributed by atoms with van der Waals surface area (Å²) in [5.74, 6) is 0. The second kappa shape index (κ2) is 1.71. The average molecular weight is 114 g/mol. The molecule has 0 unspecified atom stereocenters. The molecule has 1 atom stereocenters. The van der Waals surface area contributed by atoms with Gasteiger partial charge in [-0.25, -0.2) is 0 Å². The van der Waals surface area contributed by atoms with Crippen molar-refractivity contribution >= 4 is 0 Å². The largest absolute Gasteiger partial charge is 0.254 e. The Hall–Kier alpha value is -0.0800. The molecule has 0 amide bonds. The van der Waals surface area contributed by atoms with Gasteiger partial charge in [0.1, 0.15) is 0 Å². The minimum absolute atomic E-state index is 0.305. The summed E-state index contributed by atoms with van der Waals surface area (Å²) in [5, 5.41) is 0. The van der Waals surface area contributed by atoms with Crippen LogP contribution in [0.3, 0.4) is 0 Å². The Labute approximate surface area is 50.6 Å². The van der Waals surface area contributed by atoms with Gasteiger partial charge in [-0.15, -0.1) is 0 Å². The van der Waals surface area contributed by atoms with Crippen molar-refractivity contribution in [3.63, 3.8) is 0 Å². The summed E-state index contributed by atoms with van der Waals surface area (Å²) in [6.07, 6.45) is 1.22. The molecule has 0 aliphatic carbocycles. The molecule has 1 saturated heterocycles. The van der Waals surface area contributed by atoms with Crippen LogP contribution in [0.15, 0.2) is 0 Å². The molecule has 1 aliphatic heterocycles. The zero-order valence-electron chi connectivity index (χ0n) is 5.78. The summed E-state index contributed by atoms with van der Waals surface area (Å²) in [6.45, 7) is 6.58. The highest BCUT2D eigenvalue weighted by atomic mass is 15.4. The van der Waals surface area contributed by atoms with Crippen molar-refractivity contribution in [1.82, 2.24) is 10.9 Å². The fourth-order valence-corrected chi connectivity index (χ4v) is 1.19. The van der Waals surface area contributed by atoms with Gasteiger partial charge in [-0.3, -0.25) is 10.9 Å². The SMILES string of the molecule is C[C@H]1CC(C)(C)NN1. The van der Waals surface area contributed by atoms with E-state index in [1.807, 2.05) is 0 Å². The van der Waals surface area contributed by atoms with Gasteiger partial charge in [-0.05, 0) is 27.2 Å². The lowest BCUT2D eigenvalue weighted by atomic mass is 10.0. The molecule has 2 nitrogen and oxygen atoms in total. The normalized spacial score (nSPS) is 35.6. The monoisotopic (exact) mass is 114 g/mol. The van der Waals surface area contributed by atoms with E-state index in [0.717, 1.165) is 0 Å². The predicted molar refractivity (Wildman–Crippen MR) is 34.4 cm³/mol. The molecule has 0 radical (unpaired) electrons. The number of nitrogens with one attached hydrogen (secondary N) is 2. The van der Waals surface area contributed by atoms with Crippen LogP contribution in [0.5, 0.6) is 0 Å². The molecule has 2 N–H and O–H groups in total. The predicted octanol–water partition coefficient (Wildman–Crippen LogP) is 0.651. The number of hydrogen-bond donors (Lipinski definition) is 2. The topological polar surface area (TPSA) is 24.1 Å². The summed E-state index contributed by atoms with van der Waals surface area (Å²) in [4.78, 5) is 0. The molecule has 0 aromatic carbocycles. The van der Waals surface area contributed by atoms with Gasteiger partial charge in [0.25, 0.3) is 0 Å². The Morgan fingerprint density at radius 3 is 2.25 bits per heavy atom. The maximum Gasteiger partial charge on any atom is 0.0282 e. The highest BCUT2D eigenvalue weighted by Crippen LogP contribution is 2.14. The van der Waals surface area contributed by atoms with E-state index >= 15 is 0 Å². The van der Waals surface area contributed by atoms with Gasteiger partial charge in [-0.2, -0.15) is 0 Å². The first-order valence-corrected chi connectivity index (χ1v) is 3.13. The lowest BCUT2D eigenvalue weighted by Crippen LogP contribution is -2.38. The lowest BCUT2D eigenvalue weighted by Gasteiger charge is -2.14. The molecule has 1 heterocycles. The first-order valence-electron chi connectivity index (χ1n) is 3.13. The fraction of sp³-hybridized carbons (Fsp3) is 1.00. The Balaban J connectivity index is 2.44. The molecular weight excluding hydrogens is 100 g/mol. The molecule has 0 aromatic rings. The standard InChI is InChI=1S/C6H14N2/c1-5-4-6(2,3)8-7-5/h5,7-8H,4H2,1-3H3/t5-/m0/s1. The Morgan fingerprint density at radius 1 is 1.50 bits per heavy atom. The second-order valence-electron chi connectivity index (χ2n) is 3.26. The lowest BCUT2D eigenvalue weighted by molar-refractivity contribution is 0.431. The zero-order valence-corrected chi connectivity index (χ0v) is 5.78. The third-order valence-corrected chi connectivity index (χ3v) is 1.47. The highest BCUT2D eigenvalue weighted by molar-refractivity contribution is 4.86. The Kier molecular flexibility index (Phi) is 1.29. The van der Waals surface area contributed by atoms with Crippen molar-refractivity contribution in [2.45, 2.75) is 38.8 Å². The molecule has 2 heteroatoms. The van der Waals surface area contributed by atoms with Gasteiger partial charge < -0.3 is 0 Å². The molecular formula is C6H14N2. The summed E-state index contributed by atoms with van der Waals surface area (Å²) in [7, 11) is 0. The van der Waals surface area contributed by atoms with E-state index in [9.17, 15) is 0 Å². The van der Waals surface area contributed by atoms with E-state index in [1.165, 1.54) is 6.42 Å². The molecule has 1 aliphatic rings. The summed E-state index contributed by atoms with van der Waals surface area (Å²) < 4.78 is 0. The van der Waals surface area contributed by atoms with E-state index in [-0.39, 0.29) is 0 Å². The van der Waals surface area contributed by atoms with E-state index in [0.29, 0.717) is 11.6 Å². The molecule has 48 valence electrons. The number of rotatable bonds is 0. The van der Waals surface area contributed by atoms with Crippen molar-refractivity contribution in [3.05, 3.63) is 0 Å². The third-order valence-electron chi connectivity index (χ3n) is 1.47. The molecule has 0 spiro atoms. The fourth-order valence-electron chi connectivity index (χ4n) is 1.19. The van der Waals surface area contributed by atoms with Crippen LogP contribution in [0.4, 0.5) is 0 Å². The van der Waals surface area contributed by atoms with E-state index in [2.05, 4.69) is 31.6 Å². The van der Waals surface area contributed by atoms with Crippen molar-refractivity contribution < 1.29 is 0 Å². The van der Waals surface area contributed by atoms with Gasteiger partial charge in [0.2, 0.25) is 0 Å². The number of hydrazine groups is 1. The van der Waals surface area contributed by atoms with Crippen molar-refractivity contribution in [2.75, 3.05) is 0 Å². The van der Waals surface area contributed by atoms with E-state index in [4.69, 9.17) is 0 Å². The van der Waals surface area contributed by atoms with Crippen LogP contribution in [0, 0.1) is 0 Å². The molecule has 0 bridgehead atoms. The van der Waals surface area contributed by atoms with Gasteiger partial charge >= 0.3 is 0 Å². The van der Waals surface area contributed by atoms with Crippen LogP contribution in [0.2, 0.25) is 0 Å². The van der Waals surface area contributed by atoms with Crippen LogP contribution >= 0.6 is 0 Å². The van der Waals surface area contributed by atoms with Crippen LogP contribution < -0.4 is 10.9 Å². The smallest absolute Gasteiger partial charge is 0.0282 e. The second-order valence-corrected chi connectivity index (χ2v) is 3.26. The first-order chi connectivity index (χ1) is 3.60. The van der Waals surface area contributed by atoms with Gasteiger partial charge in [0.15, 0.2) is 0 Å². The average Bonchev–Trinajstić information content (AvgIpc) is 1.82. The van der Waals surface area contributed by atoms with Crippen LogP contribution in [-0.4, -0.2) is 11.6 Å². The Bertz CT molecular complexity index is 88.5. The van der Waals surface area contributed by atoms with Gasteiger partial charge in [0, 0.05) is 11.6 Å².